The molecule has 5 nitrogen and oxygen atoms in total. The van der Waals surface area contributed by atoms with E-state index in [9.17, 15) is 0 Å². The second kappa shape index (κ2) is 6.41. The van der Waals surface area contributed by atoms with Crippen LogP contribution in [0.5, 0.6) is 0 Å². The summed E-state index contributed by atoms with van der Waals surface area (Å²) < 4.78 is 2.60. The average molecular weight is 354 g/mol. The molecule has 108 valence electrons. The number of rotatable bonds is 4. The summed E-state index contributed by atoms with van der Waals surface area (Å²) >= 11 is 3.37. The summed E-state index contributed by atoms with van der Waals surface area (Å²) in [4.78, 5) is 3.93. The molecule has 0 spiro atoms. The van der Waals surface area contributed by atoms with Crippen molar-refractivity contribution in [2.24, 2.45) is 0 Å². The summed E-state index contributed by atoms with van der Waals surface area (Å²) in [7, 11) is 0. The van der Waals surface area contributed by atoms with E-state index in [0.717, 1.165) is 21.4 Å². The van der Waals surface area contributed by atoms with E-state index in [4.69, 9.17) is 5.26 Å². The number of hydrogen-bond acceptors (Lipinski definition) is 4. The number of hydrogen-bond donors (Lipinski definition) is 1. The van der Waals surface area contributed by atoms with E-state index in [-0.39, 0.29) is 0 Å². The van der Waals surface area contributed by atoms with Crippen molar-refractivity contribution in [2.75, 3.05) is 5.32 Å². The number of nitrogens with zero attached hydrogens (tertiary/aromatic N) is 4. The Labute approximate surface area is 136 Å². The van der Waals surface area contributed by atoms with Crippen molar-refractivity contribution in [3.63, 3.8) is 0 Å². The molecule has 2 aromatic carbocycles. The summed E-state index contributed by atoms with van der Waals surface area (Å²) in [5.74, 6) is 0. The molecule has 0 bridgehead atoms. The Morgan fingerprint density at radius 3 is 2.68 bits per heavy atom. The van der Waals surface area contributed by atoms with Crippen LogP contribution in [-0.2, 0) is 6.54 Å². The molecule has 0 saturated heterocycles. The molecule has 1 heterocycles. The minimum atomic E-state index is 0.619. The molecule has 0 aliphatic rings. The minimum Gasteiger partial charge on any atom is -0.380 e. The summed E-state index contributed by atoms with van der Waals surface area (Å²) in [6, 6.07) is 15.8. The summed E-state index contributed by atoms with van der Waals surface area (Å²) in [5.41, 5.74) is 3.53. The molecule has 0 amide bonds. The first-order valence-corrected chi connectivity index (χ1v) is 7.43. The quantitative estimate of drug-likeness (QED) is 0.779. The average Bonchev–Trinajstić information content (AvgIpc) is 3.08. The van der Waals surface area contributed by atoms with Crippen LogP contribution in [0.2, 0.25) is 0 Å². The summed E-state index contributed by atoms with van der Waals surface area (Å²) in [5, 5.41) is 16.5. The Balaban J connectivity index is 1.71. The maximum absolute atomic E-state index is 9.16. The third-order valence-electron chi connectivity index (χ3n) is 3.20. The molecule has 3 rings (SSSR count). The van der Waals surface area contributed by atoms with E-state index >= 15 is 0 Å². The predicted octanol–water partition coefficient (Wildman–Crippen LogP) is 3.51. The predicted molar refractivity (Wildman–Crippen MR) is 87.5 cm³/mol. The largest absolute Gasteiger partial charge is 0.380 e. The molecule has 1 N–H and O–H groups in total. The summed E-state index contributed by atoms with van der Waals surface area (Å²) in [6.07, 6.45) is 3.17. The highest BCUT2D eigenvalue weighted by Crippen LogP contribution is 2.21. The molecule has 3 aromatic rings. The van der Waals surface area contributed by atoms with Gasteiger partial charge in [0.2, 0.25) is 0 Å². The monoisotopic (exact) mass is 353 g/mol. The fourth-order valence-corrected chi connectivity index (χ4v) is 2.43. The zero-order chi connectivity index (χ0) is 15.4. The highest BCUT2D eigenvalue weighted by atomic mass is 79.9. The van der Waals surface area contributed by atoms with Gasteiger partial charge in [0, 0.05) is 11.0 Å². The molecule has 1 aromatic heterocycles. The van der Waals surface area contributed by atoms with Crippen molar-refractivity contribution >= 4 is 21.6 Å². The molecule has 6 heteroatoms. The lowest BCUT2D eigenvalue weighted by molar-refractivity contribution is 0.877. The Bertz CT molecular complexity index is 804. The normalized spacial score (nSPS) is 10.2. The summed E-state index contributed by atoms with van der Waals surface area (Å²) in [6.45, 7) is 0.647. The topological polar surface area (TPSA) is 66.5 Å². The molecule has 22 heavy (non-hydrogen) atoms. The molecule has 0 saturated carbocycles. The van der Waals surface area contributed by atoms with Crippen LogP contribution in [0.1, 0.15) is 11.1 Å². The molecule has 0 unspecified atom stereocenters. The molecule has 0 aliphatic carbocycles. The standard InChI is InChI=1S/C16H12BrN5/c17-14-3-6-16(13(7-14)8-18)20-9-12-1-4-15(5-2-12)22-11-19-10-21-22/h1-7,10-11,20H,9H2. The van der Waals surface area contributed by atoms with Crippen LogP contribution in [0.4, 0.5) is 5.69 Å². The SMILES string of the molecule is N#Cc1cc(Br)ccc1NCc1ccc(-n2cncn2)cc1. The van der Waals surface area contributed by atoms with Crippen molar-refractivity contribution in [1.29, 1.82) is 5.26 Å². The van der Waals surface area contributed by atoms with Crippen LogP contribution >= 0.6 is 15.9 Å². The van der Waals surface area contributed by atoms with Gasteiger partial charge in [0.25, 0.3) is 0 Å². The first-order valence-electron chi connectivity index (χ1n) is 6.64. The first kappa shape index (κ1) is 14.3. The van der Waals surface area contributed by atoms with Crippen LogP contribution in [-0.4, -0.2) is 14.8 Å². The van der Waals surface area contributed by atoms with Crippen LogP contribution in [0, 0.1) is 11.3 Å². The van der Waals surface area contributed by atoms with E-state index in [1.807, 2.05) is 36.4 Å². The Hall–Kier alpha value is -2.65. The van der Waals surface area contributed by atoms with Crippen LogP contribution in [0.3, 0.4) is 0 Å². The lowest BCUT2D eigenvalue weighted by Gasteiger charge is -2.09. The van der Waals surface area contributed by atoms with E-state index in [1.54, 1.807) is 17.1 Å². The molecular weight excluding hydrogens is 342 g/mol. The smallest absolute Gasteiger partial charge is 0.138 e. The molecule has 0 aliphatic heterocycles. The van der Waals surface area contributed by atoms with Gasteiger partial charge in [0.15, 0.2) is 0 Å². The highest BCUT2D eigenvalue weighted by molar-refractivity contribution is 9.10. The van der Waals surface area contributed by atoms with Gasteiger partial charge in [0.1, 0.15) is 18.7 Å². The first-order chi connectivity index (χ1) is 10.8. The Kier molecular flexibility index (Phi) is 4.17. The van der Waals surface area contributed by atoms with Gasteiger partial charge in [-0.2, -0.15) is 10.4 Å². The van der Waals surface area contributed by atoms with Crippen LogP contribution in [0.15, 0.2) is 59.6 Å². The molecule has 0 radical (unpaired) electrons. The van der Waals surface area contributed by atoms with Gasteiger partial charge in [-0.3, -0.25) is 0 Å². The van der Waals surface area contributed by atoms with E-state index in [1.165, 1.54) is 6.33 Å². The number of halogens is 1. The number of nitriles is 1. The number of nitrogens with one attached hydrogen (secondary N) is 1. The Morgan fingerprint density at radius 2 is 2.00 bits per heavy atom. The highest BCUT2D eigenvalue weighted by Gasteiger charge is 2.03. The Morgan fingerprint density at radius 1 is 1.18 bits per heavy atom. The molecular formula is C16H12BrN5. The van der Waals surface area contributed by atoms with Gasteiger partial charge in [-0.15, -0.1) is 0 Å². The third kappa shape index (κ3) is 3.15. The van der Waals surface area contributed by atoms with E-state index in [0.29, 0.717) is 12.1 Å². The number of benzene rings is 2. The van der Waals surface area contributed by atoms with Crippen molar-refractivity contribution < 1.29 is 0 Å². The zero-order valence-electron chi connectivity index (χ0n) is 11.6. The minimum absolute atomic E-state index is 0.619. The number of aromatic nitrogens is 3. The van der Waals surface area contributed by atoms with Gasteiger partial charge in [-0.05, 0) is 35.9 Å². The maximum atomic E-state index is 9.16. The number of anilines is 1. The van der Waals surface area contributed by atoms with E-state index in [2.05, 4.69) is 37.4 Å². The lowest BCUT2D eigenvalue weighted by atomic mass is 10.1. The maximum Gasteiger partial charge on any atom is 0.138 e. The van der Waals surface area contributed by atoms with Crippen molar-refractivity contribution in [1.82, 2.24) is 14.8 Å². The van der Waals surface area contributed by atoms with Crippen molar-refractivity contribution in [2.45, 2.75) is 6.54 Å². The second-order valence-electron chi connectivity index (χ2n) is 4.66. The van der Waals surface area contributed by atoms with Gasteiger partial charge in [-0.1, -0.05) is 28.1 Å². The fourth-order valence-electron chi connectivity index (χ4n) is 2.07. The zero-order valence-corrected chi connectivity index (χ0v) is 13.2. The second-order valence-corrected chi connectivity index (χ2v) is 5.58. The van der Waals surface area contributed by atoms with Gasteiger partial charge in [0.05, 0.1) is 16.9 Å². The van der Waals surface area contributed by atoms with Crippen LogP contribution < -0.4 is 5.32 Å². The van der Waals surface area contributed by atoms with Gasteiger partial charge in [-0.25, -0.2) is 9.67 Å². The molecule has 0 atom stereocenters. The van der Waals surface area contributed by atoms with Crippen molar-refractivity contribution in [3.8, 4) is 11.8 Å². The third-order valence-corrected chi connectivity index (χ3v) is 3.70. The van der Waals surface area contributed by atoms with Gasteiger partial charge < -0.3 is 5.32 Å². The van der Waals surface area contributed by atoms with Crippen molar-refractivity contribution in [3.05, 3.63) is 70.7 Å². The molecule has 0 fully saturated rings. The fraction of sp³-hybridized carbons (Fsp3) is 0.0625. The van der Waals surface area contributed by atoms with E-state index < -0.39 is 0 Å². The van der Waals surface area contributed by atoms with Crippen LogP contribution in [0.25, 0.3) is 5.69 Å². The lowest BCUT2D eigenvalue weighted by Crippen LogP contribution is -2.02. The van der Waals surface area contributed by atoms with Gasteiger partial charge >= 0.3 is 0 Å².